The first-order valence-corrected chi connectivity index (χ1v) is 11.7. The van der Waals surface area contributed by atoms with Crippen molar-refractivity contribution in [1.29, 1.82) is 0 Å². The van der Waals surface area contributed by atoms with E-state index in [1.54, 1.807) is 6.33 Å². The second kappa shape index (κ2) is 9.13. The number of amides is 1. The number of benzene rings is 1. The van der Waals surface area contributed by atoms with Gasteiger partial charge in [0.05, 0.1) is 10.3 Å². The van der Waals surface area contributed by atoms with Crippen LogP contribution in [0.15, 0.2) is 30.6 Å². The highest BCUT2D eigenvalue weighted by atomic mass is 32.1. The fourth-order valence-electron chi connectivity index (χ4n) is 4.33. The van der Waals surface area contributed by atoms with Crippen LogP contribution < -0.4 is 10.2 Å². The Morgan fingerprint density at radius 3 is 2.53 bits per heavy atom. The molecule has 0 radical (unpaired) electrons. The highest BCUT2D eigenvalue weighted by molar-refractivity contribution is 7.20. The van der Waals surface area contributed by atoms with E-state index in [0.29, 0.717) is 12.6 Å². The molecule has 1 N–H and O–H groups in total. The maximum Gasteiger partial charge on any atom is 0.261 e. The van der Waals surface area contributed by atoms with E-state index < -0.39 is 0 Å². The number of aryl methyl sites for hydroxylation is 2. The molecule has 1 aromatic carbocycles. The average molecular weight is 423 g/mol. The molecule has 2 aromatic heterocycles. The summed E-state index contributed by atoms with van der Waals surface area (Å²) in [6.45, 7) is 4.69. The van der Waals surface area contributed by atoms with Crippen molar-refractivity contribution in [2.24, 2.45) is 0 Å². The minimum absolute atomic E-state index is 0.0404. The average Bonchev–Trinajstić information content (AvgIpc) is 3.14. The molecule has 0 spiro atoms. The van der Waals surface area contributed by atoms with E-state index >= 15 is 0 Å². The molecule has 1 saturated carbocycles. The molecule has 1 amide bonds. The number of hydrogen-bond donors (Lipinski definition) is 1. The summed E-state index contributed by atoms with van der Waals surface area (Å²) >= 11 is 1.46. The number of carbonyl (C=O) groups is 1. The van der Waals surface area contributed by atoms with E-state index in [1.807, 2.05) is 6.92 Å². The van der Waals surface area contributed by atoms with Gasteiger partial charge in [0.2, 0.25) is 0 Å². The highest BCUT2D eigenvalue weighted by Crippen LogP contribution is 2.36. The van der Waals surface area contributed by atoms with Crippen molar-refractivity contribution >= 4 is 33.3 Å². The topological polar surface area (TPSA) is 58.1 Å². The maximum atomic E-state index is 13.0. The molecule has 2 heterocycles. The van der Waals surface area contributed by atoms with Crippen molar-refractivity contribution in [2.75, 3.05) is 11.9 Å². The van der Waals surface area contributed by atoms with Crippen LogP contribution in [0.5, 0.6) is 0 Å². The molecule has 4 rings (SSSR count). The van der Waals surface area contributed by atoms with Gasteiger partial charge in [-0.2, -0.15) is 0 Å². The monoisotopic (exact) mass is 422 g/mol. The minimum Gasteiger partial charge on any atom is -0.356 e. The minimum atomic E-state index is -0.0404. The van der Waals surface area contributed by atoms with Crippen LogP contribution in [-0.4, -0.2) is 29.0 Å². The van der Waals surface area contributed by atoms with Gasteiger partial charge >= 0.3 is 0 Å². The molecule has 3 aromatic rings. The summed E-state index contributed by atoms with van der Waals surface area (Å²) in [7, 11) is 2.13. The fourth-order valence-corrected chi connectivity index (χ4v) is 5.39. The van der Waals surface area contributed by atoms with Gasteiger partial charge in [-0.15, -0.1) is 11.3 Å². The fraction of sp³-hybridized carbons (Fsp3) is 0.458. The molecule has 1 aliphatic rings. The molecule has 0 atom stereocenters. The number of hydrogen-bond acceptors (Lipinski definition) is 5. The van der Waals surface area contributed by atoms with Crippen molar-refractivity contribution in [2.45, 2.75) is 65.0 Å². The summed E-state index contributed by atoms with van der Waals surface area (Å²) < 4.78 is 0. The number of anilines is 1. The lowest BCUT2D eigenvalue weighted by Crippen LogP contribution is -2.34. The number of carbonyl (C=O) groups excluding carboxylic acids is 1. The van der Waals surface area contributed by atoms with Crippen molar-refractivity contribution in [3.8, 4) is 0 Å². The van der Waals surface area contributed by atoms with Gasteiger partial charge in [0.15, 0.2) is 0 Å². The van der Waals surface area contributed by atoms with Gasteiger partial charge in [-0.3, -0.25) is 4.79 Å². The number of fused-ring (bicyclic) bond motifs is 1. The molecule has 1 aliphatic carbocycles. The summed E-state index contributed by atoms with van der Waals surface area (Å²) in [5, 5.41) is 4.10. The summed E-state index contributed by atoms with van der Waals surface area (Å²) in [5.74, 6) is 0.913. The van der Waals surface area contributed by atoms with Crippen molar-refractivity contribution < 1.29 is 4.79 Å². The summed E-state index contributed by atoms with van der Waals surface area (Å²) in [4.78, 5) is 26.0. The van der Waals surface area contributed by atoms with Crippen LogP contribution in [0.2, 0.25) is 0 Å². The smallest absolute Gasteiger partial charge is 0.261 e. The largest absolute Gasteiger partial charge is 0.356 e. The zero-order chi connectivity index (χ0) is 21.1. The molecule has 0 saturated heterocycles. The normalized spacial score (nSPS) is 14.8. The molecule has 0 unspecified atom stereocenters. The molecule has 30 heavy (non-hydrogen) atoms. The van der Waals surface area contributed by atoms with E-state index in [-0.39, 0.29) is 5.91 Å². The zero-order valence-electron chi connectivity index (χ0n) is 18.1. The Kier molecular flexibility index (Phi) is 6.32. The molecule has 0 aliphatic heterocycles. The van der Waals surface area contributed by atoms with E-state index in [4.69, 9.17) is 0 Å². The van der Waals surface area contributed by atoms with E-state index in [9.17, 15) is 4.79 Å². The van der Waals surface area contributed by atoms with Crippen LogP contribution in [0.25, 0.3) is 10.2 Å². The zero-order valence-corrected chi connectivity index (χ0v) is 18.9. The maximum absolute atomic E-state index is 13.0. The Morgan fingerprint density at radius 1 is 1.13 bits per heavy atom. The van der Waals surface area contributed by atoms with Gasteiger partial charge in [0, 0.05) is 19.6 Å². The predicted molar refractivity (Wildman–Crippen MR) is 124 cm³/mol. The van der Waals surface area contributed by atoms with Crippen LogP contribution in [0.1, 0.15) is 65.4 Å². The van der Waals surface area contributed by atoms with E-state index in [1.165, 1.54) is 49.0 Å². The SMILES string of the molecule is CCc1ccc(CNC(=O)c2sc3ncnc(N(C)C4CCCCC4)c3c2C)cc1. The van der Waals surface area contributed by atoms with Crippen LogP contribution in [0.3, 0.4) is 0 Å². The van der Waals surface area contributed by atoms with Crippen LogP contribution in [0, 0.1) is 6.92 Å². The van der Waals surface area contributed by atoms with Gasteiger partial charge in [-0.05, 0) is 42.9 Å². The Bertz CT molecular complexity index is 1020. The lowest BCUT2D eigenvalue weighted by atomic mass is 9.94. The Morgan fingerprint density at radius 2 is 1.83 bits per heavy atom. The molecule has 1 fully saturated rings. The number of thiophene rings is 1. The van der Waals surface area contributed by atoms with E-state index in [0.717, 1.165) is 38.5 Å². The molecule has 0 bridgehead atoms. The van der Waals surface area contributed by atoms with Crippen LogP contribution in [0.4, 0.5) is 5.82 Å². The third-order valence-electron chi connectivity index (χ3n) is 6.25. The quantitative estimate of drug-likeness (QED) is 0.589. The molecule has 6 heteroatoms. The van der Waals surface area contributed by atoms with Crippen molar-refractivity contribution in [3.63, 3.8) is 0 Å². The summed E-state index contributed by atoms with van der Waals surface area (Å²) in [6, 6.07) is 8.92. The van der Waals surface area contributed by atoms with Crippen LogP contribution in [-0.2, 0) is 13.0 Å². The first-order valence-electron chi connectivity index (χ1n) is 10.9. The van der Waals surface area contributed by atoms with Gasteiger partial charge in [0.25, 0.3) is 5.91 Å². The number of rotatable bonds is 6. The van der Waals surface area contributed by atoms with Gasteiger partial charge in [0.1, 0.15) is 17.0 Å². The summed E-state index contributed by atoms with van der Waals surface area (Å²) in [5.41, 5.74) is 3.39. The number of nitrogens with zero attached hydrogens (tertiary/aromatic N) is 3. The van der Waals surface area contributed by atoms with Crippen molar-refractivity contribution in [1.82, 2.24) is 15.3 Å². The second-order valence-corrected chi connectivity index (χ2v) is 9.19. The number of aromatic nitrogens is 2. The first kappa shape index (κ1) is 20.8. The highest BCUT2D eigenvalue weighted by Gasteiger charge is 2.24. The Balaban J connectivity index is 1.55. The third-order valence-corrected chi connectivity index (χ3v) is 7.45. The molecular weight excluding hydrogens is 392 g/mol. The number of nitrogens with one attached hydrogen (secondary N) is 1. The molecule has 158 valence electrons. The summed E-state index contributed by atoms with van der Waals surface area (Å²) in [6.07, 6.45) is 8.94. The standard InChI is InChI=1S/C24H30N4OS/c1-4-17-10-12-18(13-11-17)14-25-23(29)21-16(2)20-22(26-15-27-24(20)30-21)28(3)19-8-6-5-7-9-19/h10-13,15,19H,4-9,14H2,1-3H3,(H,25,29). The Hall–Kier alpha value is -2.47. The molecular formula is C24H30N4OS. The lowest BCUT2D eigenvalue weighted by molar-refractivity contribution is 0.0954. The Labute approximate surface area is 182 Å². The third kappa shape index (κ3) is 4.19. The van der Waals surface area contributed by atoms with E-state index in [2.05, 4.69) is 58.4 Å². The predicted octanol–water partition coefficient (Wildman–Crippen LogP) is 5.26. The lowest BCUT2D eigenvalue weighted by Gasteiger charge is -2.32. The van der Waals surface area contributed by atoms with Gasteiger partial charge in [-0.25, -0.2) is 9.97 Å². The second-order valence-electron chi connectivity index (χ2n) is 8.19. The van der Waals surface area contributed by atoms with Crippen molar-refractivity contribution in [3.05, 3.63) is 52.2 Å². The van der Waals surface area contributed by atoms with Gasteiger partial charge < -0.3 is 10.2 Å². The van der Waals surface area contributed by atoms with Gasteiger partial charge in [-0.1, -0.05) is 50.5 Å². The first-order chi connectivity index (χ1) is 14.6. The molecule has 5 nitrogen and oxygen atoms in total. The van der Waals surface area contributed by atoms with Crippen LogP contribution >= 0.6 is 11.3 Å².